The number of carbonyl (C=O) groups is 1. The van der Waals surface area contributed by atoms with Gasteiger partial charge in [0.15, 0.2) is 17.3 Å². The highest BCUT2D eigenvalue weighted by Crippen LogP contribution is 2.46. The molecule has 0 saturated heterocycles. The molecule has 0 unspecified atom stereocenters. The van der Waals surface area contributed by atoms with Crippen LogP contribution in [0.25, 0.3) is 0 Å². The molecule has 0 fully saturated rings. The van der Waals surface area contributed by atoms with E-state index in [1.807, 2.05) is 44.2 Å². The first-order chi connectivity index (χ1) is 14.5. The molecule has 1 amide bonds. The van der Waals surface area contributed by atoms with Gasteiger partial charge in [0.25, 0.3) is 0 Å². The van der Waals surface area contributed by atoms with E-state index >= 15 is 0 Å². The maximum Gasteiger partial charge on any atom is 0.238 e. The van der Waals surface area contributed by atoms with Gasteiger partial charge in [-0.05, 0) is 49.6 Å². The predicted octanol–water partition coefficient (Wildman–Crippen LogP) is 4.78. The van der Waals surface area contributed by atoms with Gasteiger partial charge >= 0.3 is 0 Å². The number of hydrogen-bond donors (Lipinski definition) is 2. The lowest BCUT2D eigenvalue weighted by Crippen LogP contribution is -2.21. The largest absolute Gasteiger partial charge is 0.493 e. The van der Waals surface area contributed by atoms with Crippen molar-refractivity contribution in [2.45, 2.75) is 37.9 Å². The molecule has 7 heteroatoms. The highest BCUT2D eigenvalue weighted by atomic mass is 32.2. The van der Waals surface area contributed by atoms with Crippen LogP contribution in [0.1, 0.15) is 40.1 Å². The third kappa shape index (κ3) is 3.89. The normalized spacial score (nSPS) is 18.3. The lowest BCUT2D eigenvalue weighted by Gasteiger charge is -2.19. The van der Waals surface area contributed by atoms with Gasteiger partial charge in [-0.3, -0.25) is 9.89 Å². The Balaban J connectivity index is 1.64. The van der Waals surface area contributed by atoms with E-state index in [0.29, 0.717) is 23.9 Å². The fourth-order valence-corrected chi connectivity index (χ4v) is 4.86. The smallest absolute Gasteiger partial charge is 0.238 e. The Morgan fingerprint density at radius 1 is 1.13 bits per heavy atom. The number of anilines is 1. The summed E-state index contributed by atoms with van der Waals surface area (Å²) < 4.78 is 11.7. The quantitative estimate of drug-likeness (QED) is 0.618. The first-order valence-corrected chi connectivity index (χ1v) is 10.8. The Morgan fingerprint density at radius 2 is 1.93 bits per heavy atom. The number of H-pyrrole nitrogens is 1. The Bertz CT molecular complexity index is 1080. The van der Waals surface area contributed by atoms with Gasteiger partial charge in [-0.25, -0.2) is 0 Å². The fourth-order valence-electron chi connectivity index (χ4n) is 3.55. The summed E-state index contributed by atoms with van der Waals surface area (Å²) in [7, 11) is 1.64. The summed E-state index contributed by atoms with van der Waals surface area (Å²) >= 11 is 1.60. The van der Waals surface area contributed by atoms with Crippen molar-refractivity contribution in [1.82, 2.24) is 10.2 Å². The molecule has 30 heavy (non-hydrogen) atoms. The van der Waals surface area contributed by atoms with Crippen LogP contribution in [0.3, 0.4) is 0 Å². The number of nitrogens with one attached hydrogen (secondary N) is 2. The third-order valence-electron chi connectivity index (χ3n) is 5.34. The third-order valence-corrected chi connectivity index (χ3v) is 6.74. The van der Waals surface area contributed by atoms with Crippen molar-refractivity contribution < 1.29 is 14.3 Å². The number of ether oxygens (including phenoxy) is 2. The number of aryl methyl sites for hydroxylation is 2. The van der Waals surface area contributed by atoms with E-state index in [9.17, 15) is 4.79 Å². The number of amides is 1. The van der Waals surface area contributed by atoms with Crippen LogP contribution in [-0.4, -0.2) is 28.5 Å². The minimum atomic E-state index is -0.202. The zero-order valence-corrected chi connectivity index (χ0v) is 18.3. The number of aromatic amines is 1. The molecule has 2 aromatic carbocycles. The van der Waals surface area contributed by atoms with Gasteiger partial charge in [0.1, 0.15) is 6.61 Å². The van der Waals surface area contributed by atoms with Crippen LogP contribution < -0.4 is 14.8 Å². The van der Waals surface area contributed by atoms with Crippen molar-refractivity contribution in [2.24, 2.45) is 0 Å². The molecule has 0 bridgehead atoms. The van der Waals surface area contributed by atoms with Crippen LogP contribution in [0, 0.1) is 13.8 Å². The average Bonchev–Trinajstić information content (AvgIpc) is 3.04. The lowest BCUT2D eigenvalue weighted by atomic mass is 10.0. The average molecular weight is 424 g/mol. The first kappa shape index (κ1) is 20.3. The zero-order chi connectivity index (χ0) is 21.3. The summed E-state index contributed by atoms with van der Waals surface area (Å²) in [5, 5.41) is 9.94. The molecule has 1 aliphatic rings. The van der Waals surface area contributed by atoms with Crippen LogP contribution in [0.2, 0.25) is 0 Å². The summed E-state index contributed by atoms with van der Waals surface area (Å²) in [6.07, 6.45) is 0. The second-order valence-corrected chi connectivity index (χ2v) is 8.83. The summed E-state index contributed by atoms with van der Waals surface area (Å²) in [6, 6.07) is 14.1. The zero-order valence-electron chi connectivity index (χ0n) is 17.5. The molecule has 2 heterocycles. The van der Waals surface area contributed by atoms with E-state index in [2.05, 4.69) is 34.6 Å². The second kappa shape index (κ2) is 8.44. The summed E-state index contributed by atoms with van der Waals surface area (Å²) in [5.74, 6) is 1.91. The molecule has 1 aromatic heterocycles. The molecule has 3 aromatic rings. The van der Waals surface area contributed by atoms with Gasteiger partial charge in [-0.1, -0.05) is 30.3 Å². The number of benzene rings is 2. The highest BCUT2D eigenvalue weighted by Gasteiger charge is 2.32. The molecule has 1 aliphatic heterocycles. The molecule has 0 aliphatic carbocycles. The highest BCUT2D eigenvalue weighted by molar-refractivity contribution is 8.01. The van der Waals surface area contributed by atoms with Gasteiger partial charge in [0, 0.05) is 11.3 Å². The summed E-state index contributed by atoms with van der Waals surface area (Å²) in [4.78, 5) is 12.4. The van der Waals surface area contributed by atoms with Crippen LogP contribution in [0.4, 0.5) is 5.82 Å². The number of nitrogens with zero attached hydrogens (tertiary/aromatic N) is 1. The number of rotatable bonds is 5. The van der Waals surface area contributed by atoms with E-state index in [0.717, 1.165) is 22.4 Å². The minimum Gasteiger partial charge on any atom is -0.493 e. The maximum atomic E-state index is 12.4. The van der Waals surface area contributed by atoms with Crippen LogP contribution in [0.15, 0.2) is 42.5 Å². The maximum absolute atomic E-state index is 12.4. The SMILES string of the molecule is COc1cc([C@@H]2S[C@@H](C)C(=O)Nc3n[nH]c(C)c32)ccc1OCc1ccccc1C. The van der Waals surface area contributed by atoms with Crippen molar-refractivity contribution in [1.29, 1.82) is 0 Å². The van der Waals surface area contributed by atoms with Gasteiger partial charge < -0.3 is 14.8 Å². The fraction of sp³-hybridized carbons (Fsp3) is 0.304. The van der Waals surface area contributed by atoms with E-state index in [1.54, 1.807) is 18.9 Å². The first-order valence-electron chi connectivity index (χ1n) is 9.84. The molecule has 6 nitrogen and oxygen atoms in total. The molecule has 0 saturated carbocycles. The summed E-state index contributed by atoms with van der Waals surface area (Å²) in [6.45, 7) is 6.43. The molecule has 0 radical (unpaired) electrons. The van der Waals surface area contributed by atoms with E-state index in [-0.39, 0.29) is 16.4 Å². The van der Waals surface area contributed by atoms with Crippen molar-refractivity contribution in [3.05, 3.63) is 70.4 Å². The topological polar surface area (TPSA) is 76.2 Å². The van der Waals surface area contributed by atoms with Crippen molar-refractivity contribution in [2.75, 3.05) is 12.4 Å². The number of carbonyl (C=O) groups excluding carboxylic acids is 1. The van der Waals surface area contributed by atoms with E-state index < -0.39 is 0 Å². The number of fused-ring (bicyclic) bond motifs is 1. The molecular weight excluding hydrogens is 398 g/mol. The molecular formula is C23H25N3O3S. The van der Waals surface area contributed by atoms with Gasteiger partial charge in [-0.15, -0.1) is 11.8 Å². The lowest BCUT2D eigenvalue weighted by molar-refractivity contribution is -0.115. The van der Waals surface area contributed by atoms with Gasteiger partial charge in [0.05, 0.1) is 17.6 Å². The van der Waals surface area contributed by atoms with Crippen molar-refractivity contribution in [3.63, 3.8) is 0 Å². The van der Waals surface area contributed by atoms with Crippen LogP contribution in [-0.2, 0) is 11.4 Å². The van der Waals surface area contributed by atoms with E-state index in [1.165, 1.54) is 5.56 Å². The number of thioether (sulfide) groups is 1. The number of hydrogen-bond acceptors (Lipinski definition) is 5. The Hall–Kier alpha value is -2.93. The Morgan fingerprint density at radius 3 is 2.70 bits per heavy atom. The monoisotopic (exact) mass is 423 g/mol. The number of aromatic nitrogens is 2. The molecule has 156 valence electrons. The molecule has 2 atom stereocenters. The van der Waals surface area contributed by atoms with Crippen molar-refractivity contribution >= 4 is 23.5 Å². The van der Waals surface area contributed by atoms with Gasteiger partial charge in [-0.2, -0.15) is 5.10 Å². The van der Waals surface area contributed by atoms with E-state index in [4.69, 9.17) is 9.47 Å². The van der Waals surface area contributed by atoms with Gasteiger partial charge in [0.2, 0.25) is 5.91 Å². The molecule has 2 N–H and O–H groups in total. The van der Waals surface area contributed by atoms with Crippen molar-refractivity contribution in [3.8, 4) is 11.5 Å². The Kier molecular flexibility index (Phi) is 5.72. The number of methoxy groups -OCH3 is 1. The molecule has 0 spiro atoms. The van der Waals surface area contributed by atoms with Crippen LogP contribution in [0.5, 0.6) is 11.5 Å². The Labute approximate surface area is 180 Å². The molecule has 4 rings (SSSR count). The summed E-state index contributed by atoms with van der Waals surface area (Å²) in [5.41, 5.74) is 5.30. The minimum absolute atomic E-state index is 0.0413. The standard InChI is InChI=1S/C23H25N3O3S/c1-13-7-5-6-8-17(13)12-29-18-10-9-16(11-19(18)28-4)21-20-14(2)25-26-22(20)24-23(27)15(3)30-21/h5-11,15,21H,12H2,1-4H3,(H2,24,25,26,27)/t15-,21-/m0/s1. The second-order valence-electron chi connectivity index (χ2n) is 7.38. The predicted molar refractivity (Wildman–Crippen MR) is 119 cm³/mol. The van der Waals surface area contributed by atoms with Crippen LogP contribution >= 0.6 is 11.8 Å².